The van der Waals surface area contributed by atoms with Gasteiger partial charge in [-0.15, -0.1) is 0 Å². The Hall–Kier alpha value is -2.56. The quantitative estimate of drug-likeness (QED) is 0.794. The number of aromatic carboxylic acids is 1. The van der Waals surface area contributed by atoms with Crippen LogP contribution in [0.15, 0.2) is 36.5 Å². The molecule has 0 amide bonds. The molecule has 0 fully saturated rings. The first-order valence-corrected chi connectivity index (χ1v) is 6.36. The minimum atomic E-state index is -0.901. The Morgan fingerprint density at radius 2 is 2.10 bits per heavy atom. The van der Waals surface area contributed by atoms with E-state index in [1.54, 1.807) is 12.1 Å². The molecule has 0 radical (unpaired) electrons. The number of rotatable bonds is 3. The third kappa shape index (κ3) is 2.07. The molecule has 1 aromatic carbocycles. The molecule has 0 unspecified atom stereocenters. The number of carbonyl (C=O) groups is 1. The Bertz CT molecular complexity index is 799. The maximum Gasteiger partial charge on any atom is 0.335 e. The van der Waals surface area contributed by atoms with Gasteiger partial charge in [0.05, 0.1) is 23.5 Å². The fourth-order valence-electron chi connectivity index (χ4n) is 2.46. The fraction of sp³-hybridized carbons (Fsp3) is 0.200. The van der Waals surface area contributed by atoms with Crippen LogP contribution in [0.3, 0.4) is 0 Å². The maximum atomic E-state index is 11.0. The third-order valence-electron chi connectivity index (χ3n) is 3.45. The highest BCUT2D eigenvalue weighted by Crippen LogP contribution is 2.19. The van der Waals surface area contributed by atoms with Crippen molar-refractivity contribution in [1.29, 1.82) is 0 Å². The molecule has 3 aromatic rings. The highest BCUT2D eigenvalue weighted by Gasteiger charge is 2.08. The number of hydrogen-bond donors (Lipinski definition) is 1. The number of aromatic nitrogens is 3. The first kappa shape index (κ1) is 12.5. The predicted octanol–water partition coefficient (Wildman–Crippen LogP) is 2.43. The van der Waals surface area contributed by atoms with Crippen LogP contribution >= 0.6 is 0 Å². The molecule has 2 aromatic heterocycles. The van der Waals surface area contributed by atoms with Crippen molar-refractivity contribution in [2.75, 3.05) is 0 Å². The van der Waals surface area contributed by atoms with E-state index in [1.807, 2.05) is 37.0 Å². The van der Waals surface area contributed by atoms with E-state index in [-0.39, 0.29) is 0 Å². The number of benzene rings is 1. The maximum absolute atomic E-state index is 11.0. The van der Waals surface area contributed by atoms with Crippen LogP contribution in [0.1, 0.15) is 21.7 Å². The summed E-state index contributed by atoms with van der Waals surface area (Å²) >= 11 is 0. The Kier molecular flexibility index (Phi) is 2.82. The second kappa shape index (κ2) is 4.52. The Morgan fingerprint density at radius 3 is 2.75 bits per heavy atom. The topological polar surface area (TPSA) is 60.1 Å². The van der Waals surface area contributed by atoms with E-state index in [0.717, 1.165) is 22.3 Å². The summed E-state index contributed by atoms with van der Waals surface area (Å²) in [4.78, 5) is 11.0. The van der Waals surface area contributed by atoms with Crippen molar-refractivity contribution in [2.24, 2.45) is 7.05 Å². The Labute approximate surface area is 116 Å². The number of nitrogens with zero attached hydrogens (tertiary/aromatic N) is 3. The van der Waals surface area contributed by atoms with Crippen LogP contribution in [-0.4, -0.2) is 25.4 Å². The summed E-state index contributed by atoms with van der Waals surface area (Å²) in [5.41, 5.74) is 3.44. The Balaban J connectivity index is 2.00. The SMILES string of the molecule is Cc1cc(Cn2ccc3cc(C(=O)O)ccc32)n(C)n1. The van der Waals surface area contributed by atoms with Gasteiger partial charge in [-0.2, -0.15) is 5.10 Å². The van der Waals surface area contributed by atoms with Gasteiger partial charge >= 0.3 is 5.97 Å². The molecule has 0 bridgehead atoms. The van der Waals surface area contributed by atoms with Gasteiger partial charge in [0.2, 0.25) is 0 Å². The second-order valence-electron chi connectivity index (χ2n) is 4.92. The molecule has 0 saturated heterocycles. The van der Waals surface area contributed by atoms with Gasteiger partial charge < -0.3 is 9.67 Å². The number of carboxylic acid groups (broad SMARTS) is 1. The van der Waals surface area contributed by atoms with Crippen LogP contribution in [0.25, 0.3) is 10.9 Å². The summed E-state index contributed by atoms with van der Waals surface area (Å²) < 4.78 is 3.96. The molecule has 0 aliphatic carbocycles. The van der Waals surface area contributed by atoms with Crippen molar-refractivity contribution >= 4 is 16.9 Å². The fourth-order valence-corrected chi connectivity index (χ4v) is 2.46. The molecule has 5 nitrogen and oxygen atoms in total. The first-order valence-electron chi connectivity index (χ1n) is 6.36. The number of hydrogen-bond acceptors (Lipinski definition) is 2. The molecular formula is C15H15N3O2. The van der Waals surface area contributed by atoms with E-state index in [2.05, 4.69) is 15.7 Å². The van der Waals surface area contributed by atoms with Gasteiger partial charge in [0.15, 0.2) is 0 Å². The lowest BCUT2D eigenvalue weighted by molar-refractivity contribution is 0.0697. The van der Waals surface area contributed by atoms with E-state index in [4.69, 9.17) is 5.11 Å². The summed E-state index contributed by atoms with van der Waals surface area (Å²) in [6.07, 6.45) is 1.97. The second-order valence-corrected chi connectivity index (χ2v) is 4.92. The van der Waals surface area contributed by atoms with Crippen molar-refractivity contribution in [1.82, 2.24) is 14.3 Å². The van der Waals surface area contributed by atoms with Gasteiger partial charge in [-0.25, -0.2) is 4.79 Å². The lowest BCUT2D eigenvalue weighted by atomic mass is 10.1. The van der Waals surface area contributed by atoms with Crippen molar-refractivity contribution in [2.45, 2.75) is 13.5 Å². The normalized spacial score (nSPS) is 11.1. The molecule has 3 rings (SSSR count). The molecular weight excluding hydrogens is 254 g/mol. The van der Waals surface area contributed by atoms with Gasteiger partial charge in [-0.05, 0) is 37.3 Å². The van der Waals surface area contributed by atoms with Gasteiger partial charge in [-0.1, -0.05) is 0 Å². The van der Waals surface area contributed by atoms with Crippen LogP contribution in [-0.2, 0) is 13.6 Å². The molecule has 20 heavy (non-hydrogen) atoms. The summed E-state index contributed by atoms with van der Waals surface area (Å²) in [7, 11) is 1.93. The van der Waals surface area contributed by atoms with Crippen LogP contribution in [0, 0.1) is 6.92 Å². The lowest BCUT2D eigenvalue weighted by Crippen LogP contribution is -2.04. The van der Waals surface area contributed by atoms with Crippen molar-refractivity contribution in [3.05, 3.63) is 53.5 Å². The molecule has 0 aliphatic rings. The molecule has 0 aliphatic heterocycles. The van der Waals surface area contributed by atoms with E-state index in [0.29, 0.717) is 12.1 Å². The van der Waals surface area contributed by atoms with Crippen LogP contribution in [0.4, 0.5) is 0 Å². The third-order valence-corrected chi connectivity index (χ3v) is 3.45. The summed E-state index contributed by atoms with van der Waals surface area (Å²) in [6.45, 7) is 2.68. The number of fused-ring (bicyclic) bond motifs is 1. The van der Waals surface area contributed by atoms with Crippen LogP contribution in [0.5, 0.6) is 0 Å². The minimum absolute atomic E-state index is 0.312. The zero-order chi connectivity index (χ0) is 14.3. The average Bonchev–Trinajstić information content (AvgIpc) is 2.93. The highest BCUT2D eigenvalue weighted by molar-refractivity contribution is 5.93. The van der Waals surface area contributed by atoms with Crippen molar-refractivity contribution in [3.63, 3.8) is 0 Å². The number of carboxylic acids is 1. The van der Waals surface area contributed by atoms with Gasteiger partial charge in [0.25, 0.3) is 0 Å². The smallest absolute Gasteiger partial charge is 0.335 e. The van der Waals surface area contributed by atoms with E-state index in [9.17, 15) is 4.79 Å². The minimum Gasteiger partial charge on any atom is -0.478 e. The summed E-state index contributed by atoms with van der Waals surface area (Å²) in [6, 6.07) is 9.17. The summed E-state index contributed by atoms with van der Waals surface area (Å²) in [5, 5.41) is 14.3. The largest absolute Gasteiger partial charge is 0.478 e. The van der Waals surface area contributed by atoms with E-state index in [1.165, 1.54) is 0 Å². The molecule has 1 N–H and O–H groups in total. The zero-order valence-corrected chi connectivity index (χ0v) is 11.4. The van der Waals surface area contributed by atoms with Crippen molar-refractivity contribution < 1.29 is 9.90 Å². The van der Waals surface area contributed by atoms with Crippen LogP contribution < -0.4 is 0 Å². The van der Waals surface area contributed by atoms with Gasteiger partial charge in [0, 0.05) is 24.1 Å². The molecule has 5 heteroatoms. The molecule has 2 heterocycles. The zero-order valence-electron chi connectivity index (χ0n) is 11.4. The average molecular weight is 269 g/mol. The molecule has 0 atom stereocenters. The molecule has 102 valence electrons. The monoisotopic (exact) mass is 269 g/mol. The molecule has 0 saturated carbocycles. The standard InChI is InChI=1S/C15H15N3O2/c1-10-7-13(17(2)16-10)9-18-6-5-11-8-12(15(19)20)3-4-14(11)18/h3-8H,9H2,1-2H3,(H,19,20). The summed E-state index contributed by atoms with van der Waals surface area (Å²) in [5.74, 6) is -0.901. The van der Waals surface area contributed by atoms with E-state index < -0.39 is 5.97 Å². The molecule has 0 spiro atoms. The van der Waals surface area contributed by atoms with E-state index >= 15 is 0 Å². The highest BCUT2D eigenvalue weighted by atomic mass is 16.4. The van der Waals surface area contributed by atoms with Crippen LogP contribution in [0.2, 0.25) is 0 Å². The first-order chi connectivity index (χ1) is 9.54. The lowest BCUT2D eigenvalue weighted by Gasteiger charge is -2.06. The van der Waals surface area contributed by atoms with Gasteiger partial charge in [0.1, 0.15) is 0 Å². The number of aryl methyl sites for hydroxylation is 2. The Morgan fingerprint density at radius 1 is 1.30 bits per heavy atom. The van der Waals surface area contributed by atoms with Crippen molar-refractivity contribution in [3.8, 4) is 0 Å². The predicted molar refractivity (Wildman–Crippen MR) is 75.9 cm³/mol. The van der Waals surface area contributed by atoms with Gasteiger partial charge in [-0.3, -0.25) is 4.68 Å².